The minimum absolute atomic E-state index is 0.0995. The Labute approximate surface area is 34.7 Å². The Bertz CT molecular complexity index is 51.5. The van der Waals surface area contributed by atoms with Crippen molar-refractivity contribution >= 4 is 13.8 Å². The second kappa shape index (κ2) is 2.53. The van der Waals surface area contributed by atoms with Gasteiger partial charge in [-0.05, 0) is 0 Å². The van der Waals surface area contributed by atoms with Crippen molar-refractivity contribution in [2.45, 2.75) is 0 Å². The van der Waals surface area contributed by atoms with Crippen molar-refractivity contribution < 1.29 is 19.6 Å². The van der Waals surface area contributed by atoms with Crippen molar-refractivity contribution in [1.82, 2.24) is 0 Å². The van der Waals surface area contributed by atoms with Crippen LogP contribution < -0.4 is 0 Å². The molecule has 0 amide bonds. The maximum Gasteiger partial charge on any atom is 0.573 e. The zero-order valence-corrected chi connectivity index (χ0v) is 2.79. The normalized spacial score (nSPS) is 6.83. The quantitative estimate of drug-likeness (QED) is 0.413. The van der Waals surface area contributed by atoms with E-state index < -0.39 is 6.16 Å². The van der Waals surface area contributed by atoms with Crippen LogP contribution in [0, 0.1) is 0 Å². The highest BCUT2D eigenvalue weighted by Gasteiger charge is 1.92. The lowest BCUT2D eigenvalue weighted by atomic mass is 10.4. The van der Waals surface area contributed by atoms with Gasteiger partial charge in [-0.25, -0.2) is 4.79 Å². The first-order chi connectivity index (χ1) is 2.77. The molecule has 33 valence electrons. The molecule has 0 spiro atoms. The van der Waals surface area contributed by atoms with Crippen LogP contribution in [0.15, 0.2) is 0 Å². The van der Waals surface area contributed by atoms with Gasteiger partial charge in [-0.15, -0.1) is 0 Å². The lowest BCUT2D eigenvalue weighted by Crippen LogP contribution is -2.03. The molecule has 0 atom stereocenters. The molecule has 0 aromatic rings. The Morgan fingerprint density at radius 2 is 2.33 bits per heavy atom. The van der Waals surface area contributed by atoms with Crippen LogP contribution in [0.2, 0.25) is 0 Å². The molecule has 0 fully saturated rings. The highest BCUT2D eigenvalue weighted by atomic mass is 16.7. The highest BCUT2D eigenvalue weighted by Crippen LogP contribution is 1.64. The summed E-state index contributed by atoms with van der Waals surface area (Å²) in [5.41, 5.74) is 0. The Hall–Kier alpha value is -0.705. The first kappa shape index (κ1) is 5.29. The van der Waals surface area contributed by atoms with Gasteiger partial charge in [0, 0.05) is 0 Å². The maximum absolute atomic E-state index is 9.19. The SMILES string of the molecule is O=C(O)O[B]O. The van der Waals surface area contributed by atoms with Crippen LogP contribution in [0.3, 0.4) is 0 Å². The van der Waals surface area contributed by atoms with Gasteiger partial charge in [0.25, 0.3) is 0 Å². The van der Waals surface area contributed by atoms with Crippen molar-refractivity contribution in [3.8, 4) is 0 Å². The summed E-state index contributed by atoms with van der Waals surface area (Å²) in [5, 5.41) is 15.0. The fraction of sp³-hybridized carbons (Fsp3) is 0. The van der Waals surface area contributed by atoms with Crippen molar-refractivity contribution in [3.63, 3.8) is 0 Å². The third kappa shape index (κ3) is 3.29. The third-order valence-corrected chi connectivity index (χ3v) is 0.154. The molecule has 0 heterocycles. The predicted octanol–water partition coefficient (Wildman–Crippen LogP) is -0.793. The van der Waals surface area contributed by atoms with Gasteiger partial charge in [0.05, 0.1) is 0 Å². The molecule has 0 bridgehead atoms. The van der Waals surface area contributed by atoms with Gasteiger partial charge in [0.1, 0.15) is 0 Å². The fourth-order valence-corrected chi connectivity index (χ4v) is 0.0451. The van der Waals surface area contributed by atoms with Gasteiger partial charge in [-0.1, -0.05) is 0 Å². The fourth-order valence-electron chi connectivity index (χ4n) is 0.0451. The van der Waals surface area contributed by atoms with Gasteiger partial charge in [0.15, 0.2) is 0 Å². The standard InChI is InChI=1S/CH2BO4/c3-1(4)6-2-5/h5H,(H,3,4). The zero-order chi connectivity index (χ0) is 4.99. The summed E-state index contributed by atoms with van der Waals surface area (Å²) >= 11 is 0. The molecule has 0 saturated heterocycles. The molecule has 1 radical (unpaired) electrons. The Morgan fingerprint density at radius 1 is 1.83 bits per heavy atom. The summed E-state index contributed by atoms with van der Waals surface area (Å²) in [6.07, 6.45) is -1.52. The van der Waals surface area contributed by atoms with Crippen molar-refractivity contribution in [2.24, 2.45) is 0 Å². The molecular formula is CH2BO4. The van der Waals surface area contributed by atoms with Crippen LogP contribution in [-0.4, -0.2) is 24.0 Å². The van der Waals surface area contributed by atoms with E-state index in [0.29, 0.717) is 0 Å². The number of hydrogen-bond acceptors (Lipinski definition) is 3. The lowest BCUT2D eigenvalue weighted by Gasteiger charge is -1.84. The summed E-state index contributed by atoms with van der Waals surface area (Å²) in [6, 6.07) is 0. The van der Waals surface area contributed by atoms with E-state index in [9.17, 15) is 4.79 Å². The highest BCUT2D eigenvalue weighted by molar-refractivity contribution is 6.19. The lowest BCUT2D eigenvalue weighted by molar-refractivity contribution is 0.140. The first-order valence-corrected chi connectivity index (χ1v) is 1.13. The summed E-state index contributed by atoms with van der Waals surface area (Å²) < 4.78 is 3.39. The van der Waals surface area contributed by atoms with E-state index in [1.54, 1.807) is 0 Å². The molecule has 0 unspecified atom stereocenters. The number of carboxylic acid groups (broad SMARTS) is 1. The van der Waals surface area contributed by atoms with Crippen molar-refractivity contribution in [2.75, 3.05) is 0 Å². The van der Waals surface area contributed by atoms with Crippen LogP contribution in [0.5, 0.6) is 0 Å². The van der Waals surface area contributed by atoms with Crippen LogP contribution in [0.4, 0.5) is 4.79 Å². The minimum Gasteiger partial charge on any atom is -0.478 e. The average Bonchev–Trinajstić information content (AvgIpc) is 1.35. The van der Waals surface area contributed by atoms with E-state index >= 15 is 0 Å². The summed E-state index contributed by atoms with van der Waals surface area (Å²) in [7, 11) is 0.0995. The Kier molecular flexibility index (Phi) is 2.23. The number of hydrogen-bond donors (Lipinski definition) is 2. The largest absolute Gasteiger partial charge is 0.573 e. The molecule has 2 N–H and O–H groups in total. The van der Waals surface area contributed by atoms with Crippen LogP contribution >= 0.6 is 0 Å². The van der Waals surface area contributed by atoms with Gasteiger partial charge in [0.2, 0.25) is 0 Å². The number of carbonyl (C=O) groups is 1. The van der Waals surface area contributed by atoms with Crippen molar-refractivity contribution in [1.29, 1.82) is 0 Å². The summed E-state index contributed by atoms with van der Waals surface area (Å²) in [5.74, 6) is 0. The minimum atomic E-state index is -1.52. The molecule has 0 aliphatic rings. The maximum atomic E-state index is 9.19. The predicted molar refractivity (Wildman–Crippen MR) is 17.1 cm³/mol. The van der Waals surface area contributed by atoms with E-state index in [4.69, 9.17) is 10.1 Å². The molecule has 0 aromatic carbocycles. The molecule has 0 rings (SSSR count). The van der Waals surface area contributed by atoms with E-state index in [1.807, 2.05) is 0 Å². The molecular weight excluding hydrogens is 86.8 g/mol. The summed E-state index contributed by atoms with van der Waals surface area (Å²) in [6.45, 7) is 0. The van der Waals surface area contributed by atoms with Gasteiger partial charge < -0.3 is 14.8 Å². The van der Waals surface area contributed by atoms with E-state index in [1.165, 1.54) is 0 Å². The van der Waals surface area contributed by atoms with Crippen molar-refractivity contribution in [3.05, 3.63) is 0 Å². The Morgan fingerprint density at radius 3 is 2.33 bits per heavy atom. The topological polar surface area (TPSA) is 66.8 Å². The smallest absolute Gasteiger partial charge is 0.478 e. The average molecular weight is 88.8 g/mol. The first-order valence-electron chi connectivity index (χ1n) is 1.13. The molecule has 0 saturated carbocycles. The third-order valence-electron chi connectivity index (χ3n) is 0.154. The van der Waals surface area contributed by atoms with Gasteiger partial charge in [-0.2, -0.15) is 0 Å². The molecule has 5 heteroatoms. The summed E-state index contributed by atoms with van der Waals surface area (Å²) in [4.78, 5) is 9.19. The zero-order valence-electron chi connectivity index (χ0n) is 2.79. The van der Waals surface area contributed by atoms with E-state index in [0.717, 1.165) is 0 Å². The second-order valence-electron chi connectivity index (χ2n) is 0.489. The van der Waals surface area contributed by atoms with Gasteiger partial charge in [-0.3, -0.25) is 0 Å². The van der Waals surface area contributed by atoms with Crippen LogP contribution in [0.1, 0.15) is 0 Å². The molecule has 0 aliphatic heterocycles. The van der Waals surface area contributed by atoms with E-state index in [2.05, 4.69) is 4.65 Å². The van der Waals surface area contributed by atoms with Crippen LogP contribution in [0.25, 0.3) is 0 Å². The molecule has 0 aliphatic carbocycles. The second-order valence-corrected chi connectivity index (χ2v) is 0.489. The number of rotatable bonds is 1. The van der Waals surface area contributed by atoms with Gasteiger partial charge >= 0.3 is 13.8 Å². The molecule has 0 aromatic heterocycles. The Balaban J connectivity index is 2.83. The molecule has 6 heavy (non-hydrogen) atoms. The van der Waals surface area contributed by atoms with Crippen LogP contribution in [-0.2, 0) is 4.65 Å². The monoisotopic (exact) mass is 89.0 g/mol. The van der Waals surface area contributed by atoms with E-state index in [-0.39, 0.29) is 7.69 Å². The molecule has 4 nitrogen and oxygen atoms in total.